The van der Waals surface area contributed by atoms with E-state index in [4.69, 9.17) is 14.4 Å². The van der Waals surface area contributed by atoms with Gasteiger partial charge >= 0.3 is 8.25 Å². The van der Waals surface area contributed by atoms with E-state index < -0.39 is 8.25 Å². The van der Waals surface area contributed by atoms with Gasteiger partial charge in [-0.05, 0) is 17.5 Å². The van der Waals surface area contributed by atoms with Crippen molar-refractivity contribution in [2.75, 3.05) is 0 Å². The average molecular weight is 216 g/mol. The lowest BCUT2D eigenvalue weighted by molar-refractivity contribution is -0.384. The van der Waals surface area contributed by atoms with Crippen LogP contribution in [0.5, 0.6) is 0 Å². The monoisotopic (exact) mass is 216 g/mol. The van der Waals surface area contributed by atoms with Crippen molar-refractivity contribution >= 4 is 13.9 Å². The van der Waals surface area contributed by atoms with Crippen molar-refractivity contribution < 1.29 is 19.3 Å². The lowest BCUT2D eigenvalue weighted by Gasteiger charge is -1.85. The minimum atomic E-state index is -2.87. The SMILES string of the molecule is O=[N+]([O-])c1ccc2c(c1)C2.O=[P+](O)O. The molecule has 0 unspecified atom stereocenters. The summed E-state index contributed by atoms with van der Waals surface area (Å²) in [5.74, 6) is 0. The zero-order chi connectivity index (χ0) is 10.7. The van der Waals surface area contributed by atoms with E-state index in [1.807, 2.05) is 6.07 Å². The lowest BCUT2D eigenvalue weighted by atomic mass is 10.3. The Labute approximate surface area is 79.9 Å². The Kier molecular flexibility index (Phi) is 3.24. The third-order valence-corrected chi connectivity index (χ3v) is 1.66. The lowest BCUT2D eigenvalue weighted by Crippen LogP contribution is -1.84. The standard InChI is InChI=1S/C7H5NO2.HO3P/c9-8(10)7-2-1-5-3-6(5)4-7;1-4(2)3/h1-2,4H,3H2;(H-,1,2,3)/p+1. The number of benzene rings is 1. The second-order valence-corrected chi connectivity index (χ2v) is 3.15. The summed E-state index contributed by atoms with van der Waals surface area (Å²) >= 11 is 0. The van der Waals surface area contributed by atoms with Gasteiger partial charge in [0.2, 0.25) is 0 Å². The zero-order valence-corrected chi connectivity index (χ0v) is 7.85. The largest absolute Gasteiger partial charge is 0.692 e. The molecule has 1 aromatic carbocycles. The van der Waals surface area contributed by atoms with E-state index in [2.05, 4.69) is 0 Å². The highest BCUT2D eigenvalue weighted by atomic mass is 31.1. The van der Waals surface area contributed by atoms with Crippen molar-refractivity contribution in [3.63, 3.8) is 0 Å². The van der Waals surface area contributed by atoms with Crippen LogP contribution in [0.3, 0.4) is 0 Å². The average Bonchev–Trinajstić information content (AvgIpc) is 2.79. The molecule has 1 aliphatic rings. The Morgan fingerprint density at radius 3 is 2.36 bits per heavy atom. The van der Waals surface area contributed by atoms with E-state index >= 15 is 0 Å². The fourth-order valence-corrected chi connectivity index (χ4v) is 0.997. The first-order valence-corrected chi connectivity index (χ1v) is 4.78. The summed E-state index contributed by atoms with van der Waals surface area (Å²) in [5.41, 5.74) is 2.57. The highest BCUT2D eigenvalue weighted by Gasteiger charge is 2.19. The molecule has 0 amide bonds. The predicted octanol–water partition coefficient (Wildman–Crippen LogP) is 1.13. The van der Waals surface area contributed by atoms with Crippen molar-refractivity contribution in [1.29, 1.82) is 0 Å². The summed E-state index contributed by atoms with van der Waals surface area (Å²) in [6.45, 7) is 0. The number of nitro groups is 1. The number of hydrogen-bond donors (Lipinski definition) is 2. The van der Waals surface area contributed by atoms with Gasteiger partial charge in [-0.1, -0.05) is 6.07 Å². The molecule has 2 N–H and O–H groups in total. The van der Waals surface area contributed by atoms with Crippen molar-refractivity contribution in [3.05, 3.63) is 39.4 Å². The third-order valence-electron chi connectivity index (χ3n) is 1.66. The molecule has 0 radical (unpaired) electrons. The molecule has 74 valence electrons. The van der Waals surface area contributed by atoms with Gasteiger partial charge in [0, 0.05) is 16.7 Å². The summed E-state index contributed by atoms with van der Waals surface area (Å²) in [4.78, 5) is 24.1. The molecular weight excluding hydrogens is 209 g/mol. The minimum absolute atomic E-state index is 0.205. The zero-order valence-electron chi connectivity index (χ0n) is 6.95. The van der Waals surface area contributed by atoms with Crippen LogP contribution in [0.25, 0.3) is 0 Å². The molecule has 7 heteroatoms. The van der Waals surface area contributed by atoms with Crippen LogP contribution in [0.4, 0.5) is 5.69 Å². The first-order chi connectivity index (χ1) is 6.50. The van der Waals surface area contributed by atoms with Crippen LogP contribution < -0.4 is 0 Å². The smallest absolute Gasteiger partial charge is 0.258 e. The molecule has 0 atom stereocenters. The van der Waals surface area contributed by atoms with Crippen molar-refractivity contribution in [2.24, 2.45) is 0 Å². The topological polar surface area (TPSA) is 101 Å². The van der Waals surface area contributed by atoms with Crippen LogP contribution in [-0.4, -0.2) is 14.7 Å². The molecule has 0 spiro atoms. The number of nitro benzene ring substituents is 1. The maximum atomic E-state index is 10.2. The van der Waals surface area contributed by atoms with Crippen LogP contribution >= 0.6 is 8.25 Å². The second kappa shape index (κ2) is 4.23. The molecule has 0 bridgehead atoms. The summed E-state index contributed by atoms with van der Waals surface area (Å²) < 4.78 is 8.70. The summed E-state index contributed by atoms with van der Waals surface area (Å²) in [6.07, 6.45) is 0.938. The third kappa shape index (κ3) is 3.18. The quantitative estimate of drug-likeness (QED) is 0.422. The van der Waals surface area contributed by atoms with Crippen LogP contribution in [0, 0.1) is 10.1 Å². The van der Waals surface area contributed by atoms with Crippen molar-refractivity contribution in [3.8, 4) is 0 Å². The first-order valence-electron chi connectivity index (χ1n) is 3.62. The summed E-state index contributed by atoms with van der Waals surface area (Å²) in [6, 6.07) is 4.99. The second-order valence-electron chi connectivity index (χ2n) is 2.64. The van der Waals surface area contributed by atoms with Gasteiger partial charge in [-0.2, -0.15) is 0 Å². The molecule has 0 heterocycles. The highest BCUT2D eigenvalue weighted by molar-refractivity contribution is 7.30. The number of non-ortho nitro benzene ring substituents is 1. The fourth-order valence-electron chi connectivity index (χ4n) is 0.997. The Bertz CT molecular complexity index is 388. The van der Waals surface area contributed by atoms with Gasteiger partial charge in [0.1, 0.15) is 0 Å². The molecule has 2 rings (SSSR count). The predicted molar refractivity (Wildman–Crippen MR) is 47.9 cm³/mol. The first kappa shape index (κ1) is 10.7. The van der Waals surface area contributed by atoms with Crippen molar-refractivity contribution in [1.82, 2.24) is 0 Å². The Morgan fingerprint density at radius 1 is 1.36 bits per heavy atom. The number of nitrogens with zero attached hydrogens (tertiary/aromatic N) is 1. The van der Waals surface area contributed by atoms with E-state index in [0.29, 0.717) is 0 Å². The maximum Gasteiger partial charge on any atom is 0.692 e. The van der Waals surface area contributed by atoms with Gasteiger partial charge in [0.05, 0.1) is 4.92 Å². The molecule has 0 saturated carbocycles. The van der Waals surface area contributed by atoms with Gasteiger partial charge < -0.3 is 0 Å². The Balaban J connectivity index is 0.000000213. The molecule has 1 aliphatic carbocycles. The molecule has 0 aromatic heterocycles. The highest BCUT2D eigenvalue weighted by Crippen LogP contribution is 2.30. The molecule has 1 aromatic rings. The molecule has 6 nitrogen and oxygen atoms in total. The van der Waals surface area contributed by atoms with Gasteiger partial charge in [0.15, 0.2) is 0 Å². The van der Waals surface area contributed by atoms with E-state index in [1.54, 1.807) is 12.1 Å². The molecular formula is C7H7NO5P+. The summed E-state index contributed by atoms with van der Waals surface area (Å²) in [5, 5.41) is 10.2. The van der Waals surface area contributed by atoms with Crippen LogP contribution in [-0.2, 0) is 11.0 Å². The van der Waals surface area contributed by atoms with Crippen LogP contribution in [0.15, 0.2) is 18.2 Å². The summed E-state index contributed by atoms with van der Waals surface area (Å²) in [7, 11) is -2.87. The van der Waals surface area contributed by atoms with Gasteiger partial charge in [0.25, 0.3) is 5.69 Å². The van der Waals surface area contributed by atoms with Crippen LogP contribution in [0.2, 0.25) is 0 Å². The van der Waals surface area contributed by atoms with E-state index in [1.165, 1.54) is 5.56 Å². The maximum absolute atomic E-state index is 10.2. The van der Waals surface area contributed by atoms with E-state index in [9.17, 15) is 10.1 Å². The van der Waals surface area contributed by atoms with E-state index in [-0.39, 0.29) is 10.6 Å². The van der Waals surface area contributed by atoms with E-state index in [0.717, 1.165) is 12.0 Å². The Morgan fingerprint density at radius 2 is 1.93 bits per heavy atom. The normalized spacial score (nSPS) is 10.7. The number of hydrogen-bond acceptors (Lipinski definition) is 3. The molecule has 0 aliphatic heterocycles. The number of rotatable bonds is 1. The fraction of sp³-hybridized carbons (Fsp3) is 0.143. The Hall–Kier alpha value is -1.36. The van der Waals surface area contributed by atoms with Crippen LogP contribution in [0.1, 0.15) is 11.1 Å². The van der Waals surface area contributed by atoms with Gasteiger partial charge in [-0.15, -0.1) is 9.79 Å². The number of fused-ring (bicyclic) bond motifs is 1. The molecule has 0 saturated heterocycles. The van der Waals surface area contributed by atoms with Gasteiger partial charge in [-0.3, -0.25) is 10.1 Å². The van der Waals surface area contributed by atoms with Crippen molar-refractivity contribution in [2.45, 2.75) is 6.42 Å². The van der Waals surface area contributed by atoms with Gasteiger partial charge in [-0.25, -0.2) is 0 Å². The molecule has 0 fully saturated rings. The minimum Gasteiger partial charge on any atom is -0.258 e. The molecule has 14 heavy (non-hydrogen) atoms.